The summed E-state index contributed by atoms with van der Waals surface area (Å²) in [6.45, 7) is 1.93. The molecule has 0 fully saturated rings. The summed E-state index contributed by atoms with van der Waals surface area (Å²) in [6.07, 6.45) is 6.05. The predicted octanol–water partition coefficient (Wildman–Crippen LogP) is 2.37. The van der Waals surface area contributed by atoms with Gasteiger partial charge in [0.05, 0.1) is 0 Å². The van der Waals surface area contributed by atoms with E-state index in [9.17, 15) is 9.59 Å². The molecule has 0 bridgehead atoms. The minimum absolute atomic E-state index is 0.250. The van der Waals surface area contributed by atoms with Crippen molar-refractivity contribution in [1.29, 1.82) is 0 Å². The van der Waals surface area contributed by atoms with Crippen molar-refractivity contribution in [3.05, 3.63) is 83.9 Å². The lowest BCUT2D eigenvalue weighted by atomic mass is 10.2. The molecule has 25 heavy (non-hydrogen) atoms. The highest BCUT2D eigenvalue weighted by Gasteiger charge is 1.85. The highest BCUT2D eigenvalue weighted by atomic mass is 16.2. The molecule has 0 saturated carbocycles. The lowest BCUT2D eigenvalue weighted by molar-refractivity contribution is -0.114. The quantitative estimate of drug-likeness (QED) is 0.744. The molecule has 0 aromatic heterocycles. The zero-order chi connectivity index (χ0) is 18.9. The van der Waals surface area contributed by atoms with Gasteiger partial charge in [0, 0.05) is 18.8 Å². The van der Waals surface area contributed by atoms with Gasteiger partial charge in [-0.2, -0.15) is 0 Å². The molecule has 0 saturated heterocycles. The van der Waals surface area contributed by atoms with Crippen molar-refractivity contribution in [2.24, 2.45) is 11.5 Å². The van der Waals surface area contributed by atoms with Crippen LogP contribution in [0.5, 0.6) is 0 Å². The fourth-order valence-corrected chi connectivity index (χ4v) is 1.49. The first-order valence-corrected chi connectivity index (χ1v) is 7.65. The van der Waals surface area contributed by atoms with Crippen LogP contribution in [0.2, 0.25) is 0 Å². The summed E-state index contributed by atoms with van der Waals surface area (Å²) in [5.74, 6) is -0.845. The molecule has 0 aliphatic carbocycles. The number of primary amides is 2. The normalized spacial score (nSPS) is 9.68. The Labute approximate surface area is 148 Å². The number of aliphatic hydroxyl groups is 1. The van der Waals surface area contributed by atoms with Gasteiger partial charge in [-0.25, -0.2) is 0 Å². The van der Waals surface area contributed by atoms with Crippen molar-refractivity contribution in [3.8, 4) is 0 Å². The van der Waals surface area contributed by atoms with E-state index in [0.29, 0.717) is 0 Å². The molecule has 0 atom stereocenters. The van der Waals surface area contributed by atoms with Gasteiger partial charge in [-0.3, -0.25) is 9.59 Å². The van der Waals surface area contributed by atoms with Gasteiger partial charge in [-0.05, 0) is 30.2 Å². The molecule has 5 N–H and O–H groups in total. The molecule has 2 amide bonds. The van der Waals surface area contributed by atoms with Gasteiger partial charge >= 0.3 is 0 Å². The van der Waals surface area contributed by atoms with Crippen LogP contribution in [0, 0.1) is 0 Å². The second-order valence-electron chi connectivity index (χ2n) is 4.61. The Morgan fingerprint density at radius 3 is 1.32 bits per heavy atom. The molecule has 0 spiro atoms. The molecule has 5 nitrogen and oxygen atoms in total. The first-order valence-electron chi connectivity index (χ1n) is 7.65. The number of hydrogen-bond acceptors (Lipinski definition) is 3. The van der Waals surface area contributed by atoms with Crippen LogP contribution in [-0.4, -0.2) is 23.5 Å². The van der Waals surface area contributed by atoms with Crippen molar-refractivity contribution >= 4 is 24.0 Å². The van der Waals surface area contributed by atoms with E-state index in [-0.39, 0.29) is 6.61 Å². The largest absolute Gasteiger partial charge is 0.397 e. The van der Waals surface area contributed by atoms with Crippen molar-refractivity contribution in [2.75, 3.05) is 6.61 Å². The van der Waals surface area contributed by atoms with Gasteiger partial charge in [-0.1, -0.05) is 60.7 Å². The molecular weight excluding hydrogens is 316 g/mol. The Morgan fingerprint density at radius 2 is 1.08 bits per heavy atom. The topological polar surface area (TPSA) is 106 Å². The number of nitrogens with two attached hydrogens (primary N) is 2. The van der Waals surface area contributed by atoms with E-state index in [1.807, 2.05) is 60.7 Å². The van der Waals surface area contributed by atoms with Crippen LogP contribution in [0.1, 0.15) is 18.1 Å². The zero-order valence-corrected chi connectivity index (χ0v) is 14.2. The highest BCUT2D eigenvalue weighted by Crippen LogP contribution is 2.00. The summed E-state index contributed by atoms with van der Waals surface area (Å²) < 4.78 is 0. The minimum atomic E-state index is -0.422. The van der Waals surface area contributed by atoms with Gasteiger partial charge in [0.15, 0.2) is 0 Å². The average Bonchev–Trinajstić information content (AvgIpc) is 2.61. The van der Waals surface area contributed by atoms with Crippen molar-refractivity contribution in [2.45, 2.75) is 6.92 Å². The number of amides is 2. The molecule has 0 radical (unpaired) electrons. The smallest absolute Gasteiger partial charge is 0.241 e. The van der Waals surface area contributed by atoms with E-state index < -0.39 is 11.8 Å². The fraction of sp³-hybridized carbons (Fsp3) is 0.100. The molecule has 0 unspecified atom stereocenters. The first kappa shape index (κ1) is 21.8. The van der Waals surface area contributed by atoms with Crippen LogP contribution in [0.4, 0.5) is 0 Å². The Bertz CT molecular complexity index is 606. The summed E-state index contributed by atoms with van der Waals surface area (Å²) in [5, 5.41) is 7.57. The molecule has 5 heteroatoms. The monoisotopic (exact) mass is 340 g/mol. The van der Waals surface area contributed by atoms with Gasteiger partial charge in [0.2, 0.25) is 11.8 Å². The van der Waals surface area contributed by atoms with E-state index in [1.165, 1.54) is 12.2 Å². The minimum Gasteiger partial charge on any atom is -0.397 e. The molecule has 2 aromatic rings. The van der Waals surface area contributed by atoms with Crippen LogP contribution < -0.4 is 11.5 Å². The number of benzene rings is 2. The van der Waals surface area contributed by atoms with Crippen LogP contribution in [0.3, 0.4) is 0 Å². The van der Waals surface area contributed by atoms with E-state index in [1.54, 1.807) is 19.1 Å². The summed E-state index contributed by atoms with van der Waals surface area (Å²) in [7, 11) is 0. The lowest BCUT2D eigenvalue weighted by Crippen LogP contribution is -2.04. The SMILES string of the molecule is CCO.NC(=O)C=Cc1ccccc1.NC(=O)C=Cc1ccccc1. The number of hydrogen-bond donors (Lipinski definition) is 3. The maximum atomic E-state index is 10.3. The van der Waals surface area contributed by atoms with Crippen molar-refractivity contribution in [3.63, 3.8) is 0 Å². The van der Waals surface area contributed by atoms with Gasteiger partial charge in [0.25, 0.3) is 0 Å². The molecule has 2 aromatic carbocycles. The Morgan fingerprint density at radius 1 is 0.800 bits per heavy atom. The summed E-state index contributed by atoms with van der Waals surface area (Å²) >= 11 is 0. The second kappa shape index (κ2) is 14.4. The molecule has 2 rings (SSSR count). The maximum Gasteiger partial charge on any atom is 0.241 e. The third-order valence-corrected chi connectivity index (χ3v) is 2.48. The third kappa shape index (κ3) is 14.2. The van der Waals surface area contributed by atoms with Gasteiger partial charge in [-0.15, -0.1) is 0 Å². The zero-order valence-electron chi connectivity index (χ0n) is 14.2. The van der Waals surface area contributed by atoms with Crippen LogP contribution in [0.25, 0.3) is 12.2 Å². The van der Waals surface area contributed by atoms with E-state index in [0.717, 1.165) is 11.1 Å². The molecule has 0 aliphatic rings. The van der Waals surface area contributed by atoms with Gasteiger partial charge in [0.1, 0.15) is 0 Å². The number of carbonyl (C=O) groups is 2. The summed E-state index contributed by atoms with van der Waals surface area (Å²) in [4.78, 5) is 20.6. The van der Waals surface area contributed by atoms with Crippen LogP contribution >= 0.6 is 0 Å². The van der Waals surface area contributed by atoms with Gasteiger partial charge < -0.3 is 16.6 Å². The first-order chi connectivity index (χ1) is 12.0. The molecular formula is C20H24N2O3. The second-order valence-corrected chi connectivity index (χ2v) is 4.61. The molecule has 132 valence electrons. The molecule has 0 heterocycles. The fourth-order valence-electron chi connectivity index (χ4n) is 1.49. The van der Waals surface area contributed by atoms with Crippen molar-refractivity contribution < 1.29 is 14.7 Å². The number of carbonyl (C=O) groups excluding carboxylic acids is 2. The molecule has 0 aliphatic heterocycles. The Kier molecular flexibility index (Phi) is 12.6. The van der Waals surface area contributed by atoms with E-state index >= 15 is 0 Å². The highest BCUT2D eigenvalue weighted by molar-refractivity contribution is 5.90. The van der Waals surface area contributed by atoms with E-state index in [2.05, 4.69) is 0 Å². The maximum absolute atomic E-state index is 10.3. The third-order valence-electron chi connectivity index (χ3n) is 2.48. The summed E-state index contributed by atoms with van der Waals surface area (Å²) in [6, 6.07) is 19.1. The van der Waals surface area contributed by atoms with Crippen molar-refractivity contribution in [1.82, 2.24) is 0 Å². The number of aliphatic hydroxyl groups excluding tert-OH is 1. The summed E-state index contributed by atoms with van der Waals surface area (Å²) in [5.41, 5.74) is 11.8. The predicted molar refractivity (Wildman–Crippen MR) is 102 cm³/mol. The number of rotatable bonds is 4. The Hall–Kier alpha value is -3.18. The van der Waals surface area contributed by atoms with Crippen LogP contribution in [0.15, 0.2) is 72.8 Å². The Balaban J connectivity index is 0.000000399. The average molecular weight is 340 g/mol. The van der Waals surface area contributed by atoms with Crippen LogP contribution in [-0.2, 0) is 9.59 Å². The van der Waals surface area contributed by atoms with E-state index in [4.69, 9.17) is 16.6 Å². The standard InChI is InChI=1S/2C9H9NO.C2H6O/c2*10-9(11)7-6-8-4-2-1-3-5-8;1-2-3/h2*1-7H,(H2,10,11);3H,2H2,1H3. The lowest BCUT2D eigenvalue weighted by Gasteiger charge is -1.88.